The van der Waals surface area contributed by atoms with Gasteiger partial charge in [-0.2, -0.15) is 0 Å². The van der Waals surface area contributed by atoms with E-state index in [9.17, 15) is 9.18 Å². The lowest BCUT2D eigenvalue weighted by molar-refractivity contribution is -0.131. The molecule has 1 fully saturated rings. The molecule has 0 aliphatic carbocycles. The van der Waals surface area contributed by atoms with Crippen LogP contribution in [0.4, 0.5) is 4.39 Å². The lowest BCUT2D eigenvalue weighted by Gasteiger charge is -2.31. The SMILES string of the molecule is CC1CN(C(=O)Cc2ccc(F)cc2)CC/C1=N\O. The molecule has 1 saturated heterocycles. The molecule has 4 nitrogen and oxygen atoms in total. The van der Waals surface area contributed by atoms with Gasteiger partial charge in [0.2, 0.25) is 5.91 Å². The number of carbonyl (C=O) groups excluding carboxylic acids is 1. The number of oxime groups is 1. The first kappa shape index (κ1) is 13.5. The second-order valence-corrected chi connectivity index (χ2v) is 4.89. The highest BCUT2D eigenvalue weighted by Gasteiger charge is 2.25. The first-order valence-electron chi connectivity index (χ1n) is 6.33. The zero-order valence-corrected chi connectivity index (χ0v) is 10.8. The smallest absolute Gasteiger partial charge is 0.227 e. The summed E-state index contributed by atoms with van der Waals surface area (Å²) in [5.41, 5.74) is 1.55. The summed E-state index contributed by atoms with van der Waals surface area (Å²) in [6.07, 6.45) is 0.880. The van der Waals surface area contributed by atoms with E-state index in [2.05, 4.69) is 5.16 Å². The van der Waals surface area contributed by atoms with Crippen LogP contribution in [0.25, 0.3) is 0 Å². The third-order valence-electron chi connectivity index (χ3n) is 3.45. The molecule has 0 radical (unpaired) electrons. The Bertz CT molecular complexity index is 485. The van der Waals surface area contributed by atoms with Gasteiger partial charge in [0.25, 0.3) is 0 Å². The molecule has 1 heterocycles. The van der Waals surface area contributed by atoms with Crippen LogP contribution in [0, 0.1) is 11.7 Å². The summed E-state index contributed by atoms with van der Waals surface area (Å²) in [6.45, 7) is 3.08. The lowest BCUT2D eigenvalue weighted by Crippen LogP contribution is -2.43. The van der Waals surface area contributed by atoms with Crippen molar-refractivity contribution in [2.45, 2.75) is 19.8 Å². The van der Waals surface area contributed by atoms with Crippen molar-refractivity contribution < 1.29 is 14.4 Å². The van der Waals surface area contributed by atoms with Gasteiger partial charge in [0, 0.05) is 25.4 Å². The van der Waals surface area contributed by atoms with Crippen molar-refractivity contribution in [2.24, 2.45) is 11.1 Å². The van der Waals surface area contributed by atoms with E-state index in [1.165, 1.54) is 12.1 Å². The van der Waals surface area contributed by atoms with Gasteiger partial charge in [0.15, 0.2) is 0 Å². The molecule has 1 amide bonds. The van der Waals surface area contributed by atoms with Gasteiger partial charge in [-0.05, 0) is 17.7 Å². The molecule has 1 aromatic carbocycles. The number of hydrogen-bond acceptors (Lipinski definition) is 3. The molecular formula is C14H17FN2O2. The Kier molecular flexibility index (Phi) is 4.14. The van der Waals surface area contributed by atoms with Gasteiger partial charge >= 0.3 is 0 Å². The van der Waals surface area contributed by atoms with Crippen LogP contribution in [0.15, 0.2) is 29.4 Å². The molecule has 1 aliphatic heterocycles. The molecule has 0 bridgehead atoms. The lowest BCUT2D eigenvalue weighted by atomic mass is 9.97. The molecule has 102 valence electrons. The van der Waals surface area contributed by atoms with Crippen LogP contribution in [0.2, 0.25) is 0 Å². The number of likely N-dealkylation sites (tertiary alicyclic amines) is 1. The molecule has 0 spiro atoms. The van der Waals surface area contributed by atoms with Crippen molar-refractivity contribution >= 4 is 11.6 Å². The second-order valence-electron chi connectivity index (χ2n) is 4.89. The summed E-state index contributed by atoms with van der Waals surface area (Å²) in [4.78, 5) is 13.9. The van der Waals surface area contributed by atoms with Crippen LogP contribution in [0.1, 0.15) is 18.9 Å². The molecule has 1 unspecified atom stereocenters. The fourth-order valence-corrected chi connectivity index (χ4v) is 2.29. The Labute approximate surface area is 111 Å². The number of halogens is 1. The second kappa shape index (κ2) is 5.82. The zero-order chi connectivity index (χ0) is 13.8. The predicted octanol–water partition coefficient (Wildman–Crippen LogP) is 2.07. The Morgan fingerprint density at radius 3 is 2.74 bits per heavy atom. The Balaban J connectivity index is 1.96. The first-order valence-corrected chi connectivity index (χ1v) is 6.33. The van der Waals surface area contributed by atoms with E-state index < -0.39 is 0 Å². The number of benzene rings is 1. The van der Waals surface area contributed by atoms with Crippen molar-refractivity contribution in [3.05, 3.63) is 35.6 Å². The monoisotopic (exact) mass is 264 g/mol. The topological polar surface area (TPSA) is 52.9 Å². The van der Waals surface area contributed by atoms with Crippen LogP contribution >= 0.6 is 0 Å². The number of nitrogens with zero attached hydrogens (tertiary/aromatic N) is 2. The molecule has 19 heavy (non-hydrogen) atoms. The molecule has 1 aromatic rings. The van der Waals surface area contributed by atoms with Gasteiger partial charge in [-0.1, -0.05) is 24.2 Å². The maximum atomic E-state index is 12.8. The fourth-order valence-electron chi connectivity index (χ4n) is 2.29. The van der Waals surface area contributed by atoms with Crippen LogP contribution in [0.3, 0.4) is 0 Å². The van der Waals surface area contributed by atoms with Gasteiger partial charge in [0.05, 0.1) is 12.1 Å². The predicted molar refractivity (Wildman–Crippen MR) is 69.7 cm³/mol. The maximum Gasteiger partial charge on any atom is 0.227 e. The molecular weight excluding hydrogens is 247 g/mol. The highest BCUT2D eigenvalue weighted by Crippen LogP contribution is 2.15. The van der Waals surface area contributed by atoms with E-state index in [1.54, 1.807) is 17.0 Å². The van der Waals surface area contributed by atoms with Crippen LogP contribution in [-0.4, -0.2) is 34.8 Å². The minimum absolute atomic E-state index is 0.0236. The Morgan fingerprint density at radius 2 is 2.16 bits per heavy atom. The molecule has 5 heteroatoms. The Hall–Kier alpha value is -1.91. The van der Waals surface area contributed by atoms with Gasteiger partial charge < -0.3 is 10.1 Å². The molecule has 2 rings (SSSR count). The summed E-state index contributed by atoms with van der Waals surface area (Å²) in [7, 11) is 0. The van der Waals surface area contributed by atoms with Crippen LogP contribution < -0.4 is 0 Å². The van der Waals surface area contributed by atoms with Crippen molar-refractivity contribution in [3.8, 4) is 0 Å². The summed E-state index contributed by atoms with van der Waals surface area (Å²) in [6, 6.07) is 5.97. The molecule has 1 aliphatic rings. The maximum absolute atomic E-state index is 12.8. The summed E-state index contributed by atoms with van der Waals surface area (Å²) >= 11 is 0. The normalized spacial score (nSPS) is 21.7. The average Bonchev–Trinajstić information content (AvgIpc) is 2.41. The van der Waals surface area contributed by atoms with Crippen LogP contribution in [0.5, 0.6) is 0 Å². The number of amides is 1. The summed E-state index contributed by atoms with van der Waals surface area (Å²) in [5.74, 6) is -0.196. The van der Waals surface area contributed by atoms with Gasteiger partial charge in [0.1, 0.15) is 5.82 Å². The van der Waals surface area contributed by atoms with Gasteiger partial charge in [-0.3, -0.25) is 4.79 Å². The zero-order valence-electron chi connectivity index (χ0n) is 10.8. The third kappa shape index (κ3) is 3.30. The standard InChI is InChI=1S/C14H17FN2O2/c1-10-9-17(7-6-13(10)16-19)14(18)8-11-2-4-12(15)5-3-11/h2-5,10,19H,6-9H2,1H3/b16-13+. The summed E-state index contributed by atoms with van der Waals surface area (Å²) in [5, 5.41) is 12.0. The van der Waals surface area contributed by atoms with E-state index in [0.29, 0.717) is 19.5 Å². The van der Waals surface area contributed by atoms with E-state index >= 15 is 0 Å². The minimum Gasteiger partial charge on any atom is -0.411 e. The van der Waals surface area contributed by atoms with Gasteiger partial charge in [-0.25, -0.2) is 4.39 Å². The Morgan fingerprint density at radius 1 is 1.47 bits per heavy atom. The van der Waals surface area contributed by atoms with Crippen LogP contribution in [-0.2, 0) is 11.2 Å². The summed E-state index contributed by atoms with van der Waals surface area (Å²) < 4.78 is 12.8. The third-order valence-corrected chi connectivity index (χ3v) is 3.45. The largest absolute Gasteiger partial charge is 0.411 e. The van der Waals surface area contributed by atoms with E-state index in [1.807, 2.05) is 6.92 Å². The van der Waals surface area contributed by atoms with E-state index in [4.69, 9.17) is 5.21 Å². The van der Waals surface area contributed by atoms with Crippen molar-refractivity contribution in [2.75, 3.05) is 13.1 Å². The van der Waals surface area contributed by atoms with E-state index in [0.717, 1.165) is 11.3 Å². The van der Waals surface area contributed by atoms with Crippen molar-refractivity contribution in [1.82, 2.24) is 4.90 Å². The number of rotatable bonds is 2. The fraction of sp³-hybridized carbons (Fsp3) is 0.429. The highest BCUT2D eigenvalue weighted by molar-refractivity contribution is 5.89. The molecule has 1 N–H and O–H groups in total. The molecule has 0 saturated carbocycles. The quantitative estimate of drug-likeness (QED) is 0.656. The number of piperidine rings is 1. The molecule has 1 atom stereocenters. The number of carbonyl (C=O) groups is 1. The van der Waals surface area contributed by atoms with Gasteiger partial charge in [-0.15, -0.1) is 0 Å². The average molecular weight is 264 g/mol. The van der Waals surface area contributed by atoms with E-state index in [-0.39, 0.29) is 24.1 Å². The van der Waals surface area contributed by atoms with Crippen molar-refractivity contribution in [3.63, 3.8) is 0 Å². The number of hydrogen-bond donors (Lipinski definition) is 1. The van der Waals surface area contributed by atoms with Crippen molar-refractivity contribution in [1.29, 1.82) is 0 Å². The minimum atomic E-state index is -0.299. The molecule has 0 aromatic heterocycles. The first-order chi connectivity index (χ1) is 9.10. The highest BCUT2D eigenvalue weighted by atomic mass is 19.1.